The first kappa shape index (κ1) is 26.7. The van der Waals surface area contributed by atoms with E-state index in [4.69, 9.17) is 11.6 Å². The Morgan fingerprint density at radius 2 is 1.73 bits per heavy atom. The molecule has 0 bridgehead atoms. The number of fused-ring (bicyclic) bond motifs is 1. The van der Waals surface area contributed by atoms with Gasteiger partial charge in [0.15, 0.2) is 0 Å². The molecule has 0 saturated heterocycles. The van der Waals surface area contributed by atoms with Crippen molar-refractivity contribution in [3.05, 3.63) is 92.0 Å². The molecule has 7 nitrogen and oxygen atoms in total. The molecule has 0 radical (unpaired) electrons. The number of rotatable bonds is 6. The highest BCUT2D eigenvalue weighted by Crippen LogP contribution is 2.35. The van der Waals surface area contributed by atoms with Crippen molar-refractivity contribution in [3.63, 3.8) is 0 Å². The van der Waals surface area contributed by atoms with Crippen LogP contribution >= 0.6 is 34.2 Å². The van der Waals surface area contributed by atoms with Gasteiger partial charge in [-0.1, -0.05) is 35.9 Å². The third-order valence-electron chi connectivity index (χ3n) is 5.62. The van der Waals surface area contributed by atoms with E-state index in [1.165, 1.54) is 24.3 Å². The fourth-order valence-electron chi connectivity index (χ4n) is 4.02. The quantitative estimate of drug-likeness (QED) is 0.337. The minimum absolute atomic E-state index is 0.0853. The summed E-state index contributed by atoms with van der Waals surface area (Å²) in [6.07, 6.45) is -5.08. The highest BCUT2D eigenvalue weighted by Gasteiger charge is 2.43. The first-order chi connectivity index (χ1) is 17.4. The molecule has 2 N–H and O–H groups in total. The predicted molar refractivity (Wildman–Crippen MR) is 136 cm³/mol. The first-order valence-corrected chi connectivity index (χ1v) is 12.1. The highest BCUT2D eigenvalue weighted by molar-refractivity contribution is 14.1. The Morgan fingerprint density at radius 3 is 2.32 bits per heavy atom. The van der Waals surface area contributed by atoms with Crippen molar-refractivity contribution < 1.29 is 37.4 Å². The SMILES string of the molecule is O=C(O)C(Cc1ccc(Cl)cc1)N1C(=O)c2cc(I)ccc2NC(=O)C1c1ccc(OC(F)(F)F)cc1. The van der Waals surface area contributed by atoms with Crippen molar-refractivity contribution in [2.75, 3.05) is 5.32 Å². The van der Waals surface area contributed by atoms with Crippen LogP contribution in [0.1, 0.15) is 27.5 Å². The molecule has 2 unspecified atom stereocenters. The van der Waals surface area contributed by atoms with E-state index in [1.54, 1.807) is 30.3 Å². The molecule has 0 aromatic heterocycles. The van der Waals surface area contributed by atoms with E-state index in [9.17, 15) is 32.7 Å². The Balaban J connectivity index is 1.82. The van der Waals surface area contributed by atoms with E-state index in [-0.39, 0.29) is 23.2 Å². The van der Waals surface area contributed by atoms with Gasteiger partial charge in [-0.05, 0) is 76.2 Å². The number of anilines is 1. The minimum Gasteiger partial charge on any atom is -0.480 e. The van der Waals surface area contributed by atoms with Crippen LogP contribution in [0.5, 0.6) is 5.75 Å². The van der Waals surface area contributed by atoms with E-state index >= 15 is 0 Å². The fourth-order valence-corrected chi connectivity index (χ4v) is 4.64. The van der Waals surface area contributed by atoms with Gasteiger partial charge in [-0.15, -0.1) is 13.2 Å². The molecule has 1 heterocycles. The topological polar surface area (TPSA) is 95.9 Å². The summed E-state index contributed by atoms with van der Waals surface area (Å²) >= 11 is 7.92. The zero-order valence-electron chi connectivity index (χ0n) is 18.6. The maximum Gasteiger partial charge on any atom is 0.573 e. The second kappa shape index (κ2) is 10.6. The number of nitrogens with one attached hydrogen (secondary N) is 1. The lowest BCUT2D eigenvalue weighted by Crippen LogP contribution is -2.50. The lowest BCUT2D eigenvalue weighted by Gasteiger charge is -2.34. The predicted octanol–water partition coefficient (Wildman–Crippen LogP) is 5.67. The molecule has 1 aliphatic rings. The average molecular weight is 645 g/mol. The monoisotopic (exact) mass is 644 g/mol. The Hall–Kier alpha value is -3.32. The van der Waals surface area contributed by atoms with Gasteiger partial charge in [0.25, 0.3) is 11.8 Å². The lowest BCUT2D eigenvalue weighted by molar-refractivity contribution is -0.274. The van der Waals surface area contributed by atoms with Gasteiger partial charge in [-0.2, -0.15) is 0 Å². The molecule has 3 aromatic rings. The zero-order chi connectivity index (χ0) is 26.9. The number of carboxylic acid groups (broad SMARTS) is 1. The molecule has 0 aliphatic carbocycles. The Bertz CT molecular complexity index is 1350. The molecule has 3 aromatic carbocycles. The average Bonchev–Trinajstić information content (AvgIpc) is 2.92. The Morgan fingerprint density at radius 1 is 1.08 bits per heavy atom. The van der Waals surface area contributed by atoms with Crippen molar-refractivity contribution in [3.8, 4) is 5.75 Å². The molecule has 2 amide bonds. The van der Waals surface area contributed by atoms with Crippen molar-refractivity contribution in [1.82, 2.24) is 4.90 Å². The smallest absolute Gasteiger partial charge is 0.480 e. The second-order valence-corrected chi connectivity index (χ2v) is 9.78. The maximum absolute atomic E-state index is 13.8. The molecule has 0 spiro atoms. The number of halogens is 5. The van der Waals surface area contributed by atoms with Gasteiger partial charge in [-0.3, -0.25) is 9.59 Å². The lowest BCUT2D eigenvalue weighted by atomic mass is 9.97. The van der Waals surface area contributed by atoms with Gasteiger partial charge in [0, 0.05) is 15.0 Å². The number of alkyl halides is 3. The summed E-state index contributed by atoms with van der Waals surface area (Å²) in [6.45, 7) is 0. The summed E-state index contributed by atoms with van der Waals surface area (Å²) in [5.41, 5.74) is 0.924. The normalized spacial score (nSPS) is 16.5. The van der Waals surface area contributed by atoms with Crippen molar-refractivity contribution in [2.24, 2.45) is 0 Å². The third-order valence-corrected chi connectivity index (χ3v) is 6.55. The van der Waals surface area contributed by atoms with Crippen LogP contribution in [0.15, 0.2) is 66.7 Å². The van der Waals surface area contributed by atoms with Crippen LogP contribution in [0, 0.1) is 3.57 Å². The standard InChI is InChI=1S/C25H17ClF3IN2O5/c26-15-5-1-13(2-6-15)11-20(24(35)36)32-21(14-3-8-17(9-4-14)37-25(27,28)29)22(33)31-19-10-7-16(30)12-18(19)23(32)34/h1-10,12,20-21H,11H2,(H,31,33)(H,35,36). The molecular formula is C25H17ClF3IN2O5. The third kappa shape index (κ3) is 6.16. The summed E-state index contributed by atoms with van der Waals surface area (Å²) in [5.74, 6) is -3.35. The van der Waals surface area contributed by atoms with Gasteiger partial charge in [-0.25, -0.2) is 4.79 Å². The molecule has 0 fully saturated rings. The number of carboxylic acids is 1. The van der Waals surface area contributed by atoms with Gasteiger partial charge >= 0.3 is 12.3 Å². The highest BCUT2D eigenvalue weighted by atomic mass is 127. The number of hydrogen-bond acceptors (Lipinski definition) is 4. The maximum atomic E-state index is 13.8. The van der Waals surface area contributed by atoms with Crippen molar-refractivity contribution >= 4 is 57.7 Å². The van der Waals surface area contributed by atoms with E-state index in [0.717, 1.165) is 17.0 Å². The fraction of sp³-hybridized carbons (Fsp3) is 0.160. The van der Waals surface area contributed by atoms with Crippen LogP contribution in [0.25, 0.3) is 0 Å². The van der Waals surface area contributed by atoms with E-state index < -0.39 is 42.0 Å². The summed E-state index contributed by atoms with van der Waals surface area (Å²) < 4.78 is 42.4. The Labute approximate surface area is 227 Å². The first-order valence-electron chi connectivity index (χ1n) is 10.7. The molecular weight excluding hydrogens is 628 g/mol. The van der Waals surface area contributed by atoms with Gasteiger partial charge in [0.2, 0.25) is 0 Å². The van der Waals surface area contributed by atoms with E-state index in [0.29, 0.717) is 14.2 Å². The number of ether oxygens (including phenoxy) is 1. The van der Waals surface area contributed by atoms with Crippen LogP contribution in [0.3, 0.4) is 0 Å². The number of nitrogens with zero attached hydrogens (tertiary/aromatic N) is 1. The molecule has 0 saturated carbocycles. The number of amides is 2. The van der Waals surface area contributed by atoms with Gasteiger partial charge in [0.05, 0.1) is 11.3 Å². The van der Waals surface area contributed by atoms with Crippen molar-refractivity contribution in [2.45, 2.75) is 24.9 Å². The number of carbonyl (C=O) groups is 3. The number of hydrogen-bond donors (Lipinski definition) is 2. The van der Waals surface area contributed by atoms with Gasteiger partial charge in [0.1, 0.15) is 17.8 Å². The molecule has 4 rings (SSSR count). The van der Waals surface area contributed by atoms with Crippen LogP contribution in [-0.2, 0) is 16.0 Å². The van der Waals surface area contributed by atoms with Crippen LogP contribution in [0.2, 0.25) is 5.02 Å². The molecule has 192 valence electrons. The largest absolute Gasteiger partial charge is 0.573 e. The molecule has 2 atom stereocenters. The van der Waals surface area contributed by atoms with Crippen LogP contribution < -0.4 is 10.1 Å². The number of carbonyl (C=O) groups excluding carboxylic acids is 2. The summed E-state index contributed by atoms with van der Waals surface area (Å²) in [6, 6.07) is 12.5. The molecule has 12 heteroatoms. The summed E-state index contributed by atoms with van der Waals surface area (Å²) in [4.78, 5) is 40.7. The van der Waals surface area contributed by atoms with E-state index in [1.807, 2.05) is 22.6 Å². The zero-order valence-corrected chi connectivity index (χ0v) is 21.5. The minimum atomic E-state index is -4.92. The molecule has 1 aliphatic heterocycles. The Kier molecular flexibility index (Phi) is 7.64. The summed E-state index contributed by atoms with van der Waals surface area (Å²) in [5, 5.41) is 13.3. The summed E-state index contributed by atoms with van der Waals surface area (Å²) in [7, 11) is 0. The molecule has 37 heavy (non-hydrogen) atoms. The second-order valence-electron chi connectivity index (χ2n) is 8.10. The van der Waals surface area contributed by atoms with Gasteiger partial charge < -0.3 is 20.1 Å². The van der Waals surface area contributed by atoms with Crippen LogP contribution in [-0.4, -0.2) is 40.2 Å². The number of benzene rings is 3. The number of aliphatic carboxylic acids is 1. The van der Waals surface area contributed by atoms with Crippen molar-refractivity contribution in [1.29, 1.82) is 0 Å². The van der Waals surface area contributed by atoms with Crippen LogP contribution in [0.4, 0.5) is 18.9 Å². The van der Waals surface area contributed by atoms with E-state index in [2.05, 4.69) is 10.1 Å².